The summed E-state index contributed by atoms with van der Waals surface area (Å²) in [5.41, 5.74) is 3.83. The summed E-state index contributed by atoms with van der Waals surface area (Å²) in [5, 5.41) is 6.80. The van der Waals surface area contributed by atoms with Crippen LogP contribution in [0.1, 0.15) is 46.3 Å². The molecule has 2 fully saturated rings. The molecule has 3 aromatic rings. The Hall–Kier alpha value is -3.72. The quantitative estimate of drug-likeness (QED) is 0.398. The molecule has 3 atom stereocenters. The maximum absolute atomic E-state index is 13.1. The summed E-state index contributed by atoms with van der Waals surface area (Å²) in [6, 6.07) is 23.4. The van der Waals surface area contributed by atoms with Gasteiger partial charge in [0.2, 0.25) is 11.8 Å². The van der Waals surface area contributed by atoms with Crippen molar-refractivity contribution in [2.45, 2.75) is 57.1 Å². The first-order valence-electron chi connectivity index (χ1n) is 14.1. The van der Waals surface area contributed by atoms with Gasteiger partial charge in [-0.3, -0.25) is 24.6 Å². The van der Waals surface area contributed by atoms with E-state index in [9.17, 15) is 14.4 Å². The minimum atomic E-state index is -0.636. The standard InChI is InChI=1S/C32H33ClN4O4/c33-24-8-6-22(7-9-24)18-36-15-14-27(34-17-21-4-2-1-3-5-21)29(20-36)41-25-10-11-26-23(16-25)19-37(32(26)40)28-12-13-30(38)35-31(28)39/h1-11,16,27-29,34H,12-15,17-20H2,(H,35,38,39)/t27-,28?,29-/m0/s1. The Morgan fingerprint density at radius 3 is 2.54 bits per heavy atom. The molecule has 3 amide bonds. The molecule has 9 heteroatoms. The number of fused-ring (bicyclic) bond motifs is 1. The largest absolute Gasteiger partial charge is 0.487 e. The van der Waals surface area contributed by atoms with E-state index in [1.165, 1.54) is 11.1 Å². The lowest BCUT2D eigenvalue weighted by Crippen LogP contribution is -2.54. The first kappa shape index (κ1) is 27.4. The van der Waals surface area contributed by atoms with Crippen LogP contribution in [0.25, 0.3) is 0 Å². The van der Waals surface area contributed by atoms with Crippen LogP contribution in [0.4, 0.5) is 0 Å². The van der Waals surface area contributed by atoms with E-state index in [2.05, 4.69) is 39.8 Å². The number of benzene rings is 3. The van der Waals surface area contributed by atoms with E-state index < -0.39 is 11.9 Å². The van der Waals surface area contributed by atoms with Gasteiger partial charge in [0.15, 0.2) is 0 Å². The third-order valence-corrected chi connectivity index (χ3v) is 8.41. The smallest absolute Gasteiger partial charge is 0.255 e. The average molecular weight is 573 g/mol. The molecule has 1 unspecified atom stereocenters. The summed E-state index contributed by atoms with van der Waals surface area (Å²) in [4.78, 5) is 41.1. The Kier molecular flexibility index (Phi) is 8.05. The van der Waals surface area contributed by atoms with E-state index in [4.69, 9.17) is 16.3 Å². The number of nitrogens with one attached hydrogen (secondary N) is 2. The molecular formula is C32H33ClN4O4. The fourth-order valence-corrected chi connectivity index (χ4v) is 6.09. The Morgan fingerprint density at radius 1 is 0.951 bits per heavy atom. The highest BCUT2D eigenvalue weighted by molar-refractivity contribution is 6.30. The first-order valence-corrected chi connectivity index (χ1v) is 14.5. The second-order valence-electron chi connectivity index (χ2n) is 11.0. The summed E-state index contributed by atoms with van der Waals surface area (Å²) in [6.45, 7) is 3.56. The van der Waals surface area contributed by atoms with Gasteiger partial charge in [-0.2, -0.15) is 0 Å². The van der Waals surface area contributed by atoms with Crippen molar-refractivity contribution in [3.05, 3.63) is 100 Å². The molecule has 0 spiro atoms. The van der Waals surface area contributed by atoms with Crippen LogP contribution in [0.2, 0.25) is 5.02 Å². The van der Waals surface area contributed by atoms with Gasteiger partial charge in [0, 0.05) is 55.8 Å². The number of likely N-dealkylation sites (tertiary alicyclic amines) is 1. The van der Waals surface area contributed by atoms with Gasteiger partial charge >= 0.3 is 0 Å². The third-order valence-electron chi connectivity index (χ3n) is 8.16. The number of rotatable bonds is 8. The lowest BCUT2D eigenvalue weighted by Gasteiger charge is -2.39. The predicted molar refractivity (Wildman–Crippen MR) is 155 cm³/mol. The number of amides is 3. The molecule has 0 bridgehead atoms. The van der Waals surface area contributed by atoms with Gasteiger partial charge in [-0.05, 0) is 59.9 Å². The molecule has 0 saturated carbocycles. The second kappa shape index (κ2) is 12.0. The van der Waals surface area contributed by atoms with Gasteiger partial charge in [0.25, 0.3) is 5.91 Å². The van der Waals surface area contributed by atoms with E-state index in [0.717, 1.165) is 43.2 Å². The Balaban J connectivity index is 1.17. The summed E-state index contributed by atoms with van der Waals surface area (Å²) in [7, 11) is 0. The normalized spacial score (nSPS) is 22.9. The fraction of sp³-hybridized carbons (Fsp3) is 0.344. The summed E-state index contributed by atoms with van der Waals surface area (Å²) < 4.78 is 6.64. The van der Waals surface area contributed by atoms with E-state index in [1.807, 2.05) is 42.5 Å². The summed E-state index contributed by atoms with van der Waals surface area (Å²) >= 11 is 6.09. The summed E-state index contributed by atoms with van der Waals surface area (Å²) in [5.74, 6) is -0.185. The molecule has 0 aromatic heterocycles. The number of carbonyl (C=O) groups is 3. The topological polar surface area (TPSA) is 91.0 Å². The third kappa shape index (κ3) is 6.30. The zero-order chi connectivity index (χ0) is 28.3. The minimum absolute atomic E-state index is 0.110. The molecule has 2 saturated heterocycles. The van der Waals surface area contributed by atoms with Crippen LogP contribution in [-0.4, -0.2) is 58.8 Å². The lowest BCUT2D eigenvalue weighted by atomic mass is 10.00. The van der Waals surface area contributed by atoms with Gasteiger partial charge in [-0.25, -0.2) is 0 Å². The van der Waals surface area contributed by atoms with Crippen molar-refractivity contribution in [3.63, 3.8) is 0 Å². The van der Waals surface area contributed by atoms with Crippen molar-refractivity contribution >= 4 is 29.3 Å². The number of halogens is 1. The second-order valence-corrected chi connectivity index (χ2v) is 11.4. The van der Waals surface area contributed by atoms with Crippen molar-refractivity contribution in [2.75, 3.05) is 13.1 Å². The fourth-order valence-electron chi connectivity index (χ4n) is 5.97. The molecular weight excluding hydrogens is 540 g/mol. The van der Waals surface area contributed by atoms with Gasteiger partial charge in [-0.1, -0.05) is 54.1 Å². The average Bonchev–Trinajstić information content (AvgIpc) is 3.29. The van der Waals surface area contributed by atoms with Crippen LogP contribution in [0, 0.1) is 0 Å². The van der Waals surface area contributed by atoms with E-state index in [1.54, 1.807) is 11.0 Å². The van der Waals surface area contributed by atoms with Gasteiger partial charge < -0.3 is 15.0 Å². The van der Waals surface area contributed by atoms with E-state index in [0.29, 0.717) is 24.3 Å². The van der Waals surface area contributed by atoms with E-state index in [-0.39, 0.29) is 30.4 Å². The molecule has 3 aliphatic heterocycles. The van der Waals surface area contributed by atoms with Gasteiger partial charge in [0.05, 0.1) is 0 Å². The highest BCUT2D eigenvalue weighted by atomic mass is 35.5. The van der Waals surface area contributed by atoms with Crippen LogP contribution in [0.5, 0.6) is 5.75 Å². The monoisotopic (exact) mass is 572 g/mol. The predicted octanol–water partition coefficient (Wildman–Crippen LogP) is 3.91. The van der Waals surface area contributed by atoms with Crippen LogP contribution in [-0.2, 0) is 29.2 Å². The van der Waals surface area contributed by atoms with Crippen molar-refractivity contribution in [1.82, 2.24) is 20.4 Å². The molecule has 3 aromatic carbocycles. The zero-order valence-corrected chi connectivity index (χ0v) is 23.5. The van der Waals surface area contributed by atoms with Gasteiger partial charge in [0.1, 0.15) is 17.9 Å². The molecule has 6 rings (SSSR count). The van der Waals surface area contributed by atoms with Crippen molar-refractivity contribution in [2.24, 2.45) is 0 Å². The number of hydrogen-bond donors (Lipinski definition) is 2. The molecule has 0 radical (unpaired) electrons. The molecule has 2 N–H and O–H groups in total. The Labute approximate surface area is 244 Å². The number of carbonyl (C=O) groups excluding carboxylic acids is 3. The highest BCUT2D eigenvalue weighted by Crippen LogP contribution is 2.31. The molecule has 8 nitrogen and oxygen atoms in total. The lowest BCUT2D eigenvalue weighted by molar-refractivity contribution is -0.136. The molecule has 3 heterocycles. The maximum Gasteiger partial charge on any atom is 0.255 e. The number of hydrogen-bond acceptors (Lipinski definition) is 6. The maximum atomic E-state index is 13.1. The molecule has 3 aliphatic rings. The number of piperidine rings is 2. The van der Waals surface area contributed by atoms with Crippen molar-refractivity contribution in [3.8, 4) is 5.75 Å². The van der Waals surface area contributed by atoms with Gasteiger partial charge in [-0.15, -0.1) is 0 Å². The first-order chi connectivity index (χ1) is 19.9. The Morgan fingerprint density at radius 2 is 1.76 bits per heavy atom. The number of imide groups is 1. The molecule has 0 aliphatic carbocycles. The molecule has 41 heavy (non-hydrogen) atoms. The van der Waals surface area contributed by atoms with Crippen LogP contribution in [0.15, 0.2) is 72.8 Å². The summed E-state index contributed by atoms with van der Waals surface area (Å²) in [6.07, 6.45) is 1.39. The van der Waals surface area contributed by atoms with E-state index >= 15 is 0 Å². The minimum Gasteiger partial charge on any atom is -0.487 e. The highest BCUT2D eigenvalue weighted by Gasteiger charge is 2.39. The Bertz CT molecular complexity index is 1430. The van der Waals surface area contributed by atoms with Crippen molar-refractivity contribution < 1.29 is 19.1 Å². The van der Waals surface area contributed by atoms with Crippen molar-refractivity contribution in [1.29, 1.82) is 0 Å². The van der Waals surface area contributed by atoms with Crippen LogP contribution in [0.3, 0.4) is 0 Å². The SMILES string of the molecule is O=C1CCC(N2Cc3cc(O[C@H]4CN(Cc5ccc(Cl)cc5)CC[C@@H]4NCc4ccccc4)ccc3C2=O)C(=O)N1. The van der Waals surface area contributed by atoms with Crippen LogP contribution < -0.4 is 15.4 Å². The molecule has 212 valence electrons. The van der Waals surface area contributed by atoms with Crippen LogP contribution >= 0.6 is 11.6 Å². The zero-order valence-electron chi connectivity index (χ0n) is 22.7. The number of ether oxygens (including phenoxy) is 1. The number of nitrogens with zero attached hydrogens (tertiary/aromatic N) is 2.